The van der Waals surface area contributed by atoms with Gasteiger partial charge in [0.25, 0.3) is 5.91 Å². The molecule has 3 N–H and O–H groups in total. The summed E-state index contributed by atoms with van der Waals surface area (Å²) in [4.78, 5) is 12.1. The fourth-order valence-corrected chi connectivity index (χ4v) is 2.18. The molecule has 0 aliphatic carbocycles. The van der Waals surface area contributed by atoms with Gasteiger partial charge in [0.05, 0.1) is 0 Å². The first-order valence-electron chi connectivity index (χ1n) is 7.02. The van der Waals surface area contributed by atoms with E-state index in [2.05, 4.69) is 12.2 Å². The van der Waals surface area contributed by atoms with Crippen molar-refractivity contribution in [3.63, 3.8) is 0 Å². The van der Waals surface area contributed by atoms with Crippen LogP contribution in [0.25, 0.3) is 0 Å². The number of halogens is 1. The normalized spacial score (nSPS) is 13.5. The minimum atomic E-state index is -0.315. The number of carbonyl (C=O) groups is 1. The first-order chi connectivity index (χ1) is 10.1. The van der Waals surface area contributed by atoms with E-state index in [1.54, 1.807) is 12.1 Å². The molecule has 2 rings (SSSR count). The molecule has 4 heteroatoms. The first-order valence-corrected chi connectivity index (χ1v) is 7.02. The highest BCUT2D eigenvalue weighted by molar-refractivity contribution is 5.93. The summed E-state index contributed by atoms with van der Waals surface area (Å²) >= 11 is 0. The number of nitrogens with two attached hydrogens (primary N) is 1. The van der Waals surface area contributed by atoms with Crippen molar-refractivity contribution in [1.29, 1.82) is 0 Å². The molecule has 2 atom stereocenters. The average Bonchev–Trinajstić information content (AvgIpc) is 2.50. The van der Waals surface area contributed by atoms with Crippen molar-refractivity contribution >= 4 is 11.6 Å². The van der Waals surface area contributed by atoms with Gasteiger partial charge in [-0.05, 0) is 38.1 Å². The molecule has 0 saturated carbocycles. The highest BCUT2D eigenvalue weighted by Gasteiger charge is 2.20. The minimum Gasteiger partial charge on any atom is -0.330 e. The number of hydrogen-bond acceptors (Lipinski definition) is 1. The summed E-state index contributed by atoms with van der Waals surface area (Å²) in [5.41, 5.74) is 1.79. The van der Waals surface area contributed by atoms with Crippen LogP contribution in [-0.2, 0) is 4.79 Å². The molecule has 0 aromatic heterocycles. The second-order valence-corrected chi connectivity index (χ2v) is 5.18. The molecule has 2 aromatic carbocycles. The van der Waals surface area contributed by atoms with Gasteiger partial charge in [0.2, 0.25) is 0 Å². The summed E-state index contributed by atoms with van der Waals surface area (Å²) in [7, 11) is 0. The lowest BCUT2D eigenvalue weighted by Gasteiger charge is -2.16. The van der Waals surface area contributed by atoms with Crippen molar-refractivity contribution in [3.05, 3.63) is 66.0 Å². The lowest BCUT2D eigenvalue weighted by Crippen LogP contribution is -2.91. The molecule has 0 bridgehead atoms. The third-order valence-corrected chi connectivity index (χ3v) is 3.43. The second-order valence-electron chi connectivity index (χ2n) is 5.18. The van der Waals surface area contributed by atoms with Gasteiger partial charge in [0, 0.05) is 11.3 Å². The molecular formula is C17H20FN2O+. The van der Waals surface area contributed by atoms with Crippen LogP contribution in [0.3, 0.4) is 0 Å². The molecule has 0 unspecified atom stereocenters. The van der Waals surface area contributed by atoms with Gasteiger partial charge < -0.3 is 10.6 Å². The molecule has 110 valence electrons. The standard InChI is InChI=1S/C17H19FN2O/c1-12(14-6-4-3-5-7-14)19-13(2)17(21)20-16-10-8-15(18)9-11-16/h3-13,19H,1-2H3,(H,20,21)/p+1/t12-,13-/m1/s1. The summed E-state index contributed by atoms with van der Waals surface area (Å²) in [5.74, 6) is -0.408. The van der Waals surface area contributed by atoms with Crippen molar-refractivity contribution in [2.24, 2.45) is 0 Å². The molecule has 3 nitrogen and oxygen atoms in total. The quantitative estimate of drug-likeness (QED) is 0.872. The van der Waals surface area contributed by atoms with Crippen LogP contribution in [0, 0.1) is 5.82 Å². The molecular weight excluding hydrogens is 267 g/mol. The van der Waals surface area contributed by atoms with Crippen LogP contribution in [0.2, 0.25) is 0 Å². The molecule has 0 spiro atoms. The predicted molar refractivity (Wildman–Crippen MR) is 81.3 cm³/mol. The van der Waals surface area contributed by atoms with E-state index in [-0.39, 0.29) is 23.8 Å². The van der Waals surface area contributed by atoms with E-state index in [0.29, 0.717) is 5.69 Å². The second kappa shape index (κ2) is 6.99. The zero-order valence-electron chi connectivity index (χ0n) is 12.2. The van der Waals surface area contributed by atoms with Gasteiger partial charge in [-0.2, -0.15) is 0 Å². The molecule has 0 radical (unpaired) electrons. The number of quaternary nitrogens is 1. The molecule has 0 fully saturated rings. The van der Waals surface area contributed by atoms with Crippen LogP contribution in [0.5, 0.6) is 0 Å². The van der Waals surface area contributed by atoms with E-state index in [4.69, 9.17) is 0 Å². The van der Waals surface area contributed by atoms with Crippen molar-refractivity contribution in [1.82, 2.24) is 0 Å². The van der Waals surface area contributed by atoms with E-state index in [9.17, 15) is 9.18 Å². The summed E-state index contributed by atoms with van der Waals surface area (Å²) in [6, 6.07) is 15.8. The predicted octanol–water partition coefficient (Wildman–Crippen LogP) is 2.48. The van der Waals surface area contributed by atoms with Gasteiger partial charge in [-0.1, -0.05) is 30.3 Å². The number of amides is 1. The number of nitrogens with one attached hydrogen (secondary N) is 1. The van der Waals surface area contributed by atoms with Crippen LogP contribution in [0.15, 0.2) is 54.6 Å². The Morgan fingerprint density at radius 3 is 2.29 bits per heavy atom. The summed E-state index contributed by atoms with van der Waals surface area (Å²) in [6.45, 7) is 3.93. The van der Waals surface area contributed by atoms with Gasteiger partial charge in [-0.15, -0.1) is 0 Å². The number of benzene rings is 2. The molecule has 21 heavy (non-hydrogen) atoms. The van der Waals surface area contributed by atoms with E-state index >= 15 is 0 Å². The van der Waals surface area contributed by atoms with Crippen LogP contribution >= 0.6 is 0 Å². The zero-order valence-corrected chi connectivity index (χ0v) is 12.2. The average molecular weight is 287 g/mol. The monoisotopic (exact) mass is 287 g/mol. The van der Waals surface area contributed by atoms with Crippen molar-refractivity contribution in [2.75, 3.05) is 5.32 Å². The maximum atomic E-state index is 12.8. The molecule has 1 amide bonds. The molecule has 0 heterocycles. The highest BCUT2D eigenvalue weighted by atomic mass is 19.1. The third-order valence-electron chi connectivity index (χ3n) is 3.43. The largest absolute Gasteiger partial charge is 0.330 e. The molecule has 2 aromatic rings. The zero-order chi connectivity index (χ0) is 15.2. The van der Waals surface area contributed by atoms with Crippen LogP contribution < -0.4 is 10.6 Å². The topological polar surface area (TPSA) is 45.7 Å². The number of rotatable bonds is 5. The lowest BCUT2D eigenvalue weighted by atomic mass is 10.1. The number of hydrogen-bond donors (Lipinski definition) is 2. The summed E-state index contributed by atoms with van der Waals surface area (Å²) in [5, 5.41) is 4.80. The van der Waals surface area contributed by atoms with Crippen LogP contribution in [-0.4, -0.2) is 11.9 Å². The summed E-state index contributed by atoms with van der Waals surface area (Å²) in [6.07, 6.45) is 0. The van der Waals surface area contributed by atoms with Crippen LogP contribution in [0.1, 0.15) is 25.5 Å². The van der Waals surface area contributed by atoms with E-state index in [1.807, 2.05) is 42.6 Å². The molecule has 0 aliphatic rings. The Morgan fingerprint density at radius 1 is 1.05 bits per heavy atom. The van der Waals surface area contributed by atoms with Gasteiger partial charge >= 0.3 is 0 Å². The Hall–Kier alpha value is -2.20. The minimum absolute atomic E-state index is 0.0932. The van der Waals surface area contributed by atoms with Gasteiger partial charge in [-0.3, -0.25) is 4.79 Å². The Balaban J connectivity index is 1.92. The number of anilines is 1. The van der Waals surface area contributed by atoms with E-state index in [0.717, 1.165) is 0 Å². The number of carbonyl (C=O) groups excluding carboxylic acids is 1. The molecule has 0 saturated heterocycles. The van der Waals surface area contributed by atoms with E-state index < -0.39 is 0 Å². The highest BCUT2D eigenvalue weighted by Crippen LogP contribution is 2.09. The SMILES string of the molecule is C[C@@H]([NH2+][C@H](C)c1ccccc1)C(=O)Nc1ccc(F)cc1. The van der Waals surface area contributed by atoms with Crippen LogP contribution in [0.4, 0.5) is 10.1 Å². The Morgan fingerprint density at radius 2 is 1.67 bits per heavy atom. The summed E-state index contributed by atoms with van der Waals surface area (Å²) < 4.78 is 12.8. The lowest BCUT2D eigenvalue weighted by molar-refractivity contribution is -0.709. The smallest absolute Gasteiger partial charge is 0.282 e. The van der Waals surface area contributed by atoms with Gasteiger partial charge in [-0.25, -0.2) is 4.39 Å². The maximum absolute atomic E-state index is 12.8. The third kappa shape index (κ3) is 4.39. The Labute approximate surface area is 124 Å². The Bertz CT molecular complexity index is 583. The van der Waals surface area contributed by atoms with E-state index in [1.165, 1.54) is 17.7 Å². The molecule has 0 aliphatic heterocycles. The maximum Gasteiger partial charge on any atom is 0.282 e. The fourth-order valence-electron chi connectivity index (χ4n) is 2.18. The Kier molecular flexibility index (Phi) is 5.06. The van der Waals surface area contributed by atoms with Crippen molar-refractivity contribution in [3.8, 4) is 0 Å². The van der Waals surface area contributed by atoms with Crippen molar-refractivity contribution < 1.29 is 14.5 Å². The first kappa shape index (κ1) is 15.2. The van der Waals surface area contributed by atoms with Gasteiger partial charge in [0.15, 0.2) is 6.04 Å². The van der Waals surface area contributed by atoms with Crippen molar-refractivity contribution in [2.45, 2.75) is 25.9 Å². The van der Waals surface area contributed by atoms with Gasteiger partial charge in [0.1, 0.15) is 11.9 Å². The fraction of sp³-hybridized carbons (Fsp3) is 0.235.